The van der Waals surface area contributed by atoms with Gasteiger partial charge in [-0.05, 0) is 25.1 Å². The number of nitrogens with two attached hydrogens (primary N) is 1. The van der Waals surface area contributed by atoms with Crippen LogP contribution in [0.4, 0.5) is 5.69 Å². The Balaban J connectivity index is 2.55. The second-order valence-corrected chi connectivity index (χ2v) is 3.31. The number of nitrogen functional groups attached to an aromatic ring is 1. The van der Waals surface area contributed by atoms with Crippen molar-refractivity contribution in [2.45, 2.75) is 6.92 Å². The highest BCUT2D eigenvalue weighted by molar-refractivity contribution is 5.72. The number of pyridine rings is 1. The molecule has 0 aliphatic rings. The standard InChI is InChI=1S/C12H12N2/c1-9-4-2-5-10(8-9)12-11(13)6-3-7-14-12/h2-8H,13H2,1H3. The molecule has 0 atom stereocenters. The van der Waals surface area contributed by atoms with E-state index in [-0.39, 0.29) is 0 Å². The molecule has 0 radical (unpaired) electrons. The van der Waals surface area contributed by atoms with Crippen LogP contribution < -0.4 is 5.73 Å². The second-order valence-electron chi connectivity index (χ2n) is 3.31. The number of anilines is 1. The van der Waals surface area contributed by atoms with Crippen LogP contribution in [0.15, 0.2) is 42.6 Å². The first kappa shape index (κ1) is 8.75. The van der Waals surface area contributed by atoms with Crippen molar-refractivity contribution >= 4 is 5.69 Å². The average Bonchev–Trinajstić information content (AvgIpc) is 2.18. The van der Waals surface area contributed by atoms with Gasteiger partial charge in [0.15, 0.2) is 0 Å². The molecule has 2 heteroatoms. The molecule has 0 unspecified atom stereocenters. The molecule has 0 saturated heterocycles. The molecule has 2 rings (SSSR count). The smallest absolute Gasteiger partial charge is 0.0931 e. The van der Waals surface area contributed by atoms with E-state index in [0.717, 1.165) is 16.9 Å². The van der Waals surface area contributed by atoms with Crippen molar-refractivity contribution < 1.29 is 0 Å². The summed E-state index contributed by atoms with van der Waals surface area (Å²) in [6, 6.07) is 11.9. The molecule has 1 aromatic heterocycles. The van der Waals surface area contributed by atoms with Gasteiger partial charge in [-0.3, -0.25) is 4.98 Å². The van der Waals surface area contributed by atoms with Crippen molar-refractivity contribution in [3.8, 4) is 11.3 Å². The van der Waals surface area contributed by atoms with E-state index in [1.165, 1.54) is 5.56 Å². The maximum Gasteiger partial charge on any atom is 0.0931 e. The van der Waals surface area contributed by atoms with Crippen molar-refractivity contribution in [2.75, 3.05) is 5.73 Å². The highest BCUT2D eigenvalue weighted by atomic mass is 14.7. The molecule has 0 aliphatic carbocycles. The minimum atomic E-state index is 0.720. The first-order valence-electron chi connectivity index (χ1n) is 4.55. The van der Waals surface area contributed by atoms with E-state index in [4.69, 9.17) is 5.73 Å². The molecule has 0 bridgehead atoms. The van der Waals surface area contributed by atoms with E-state index in [0.29, 0.717) is 0 Å². The lowest BCUT2D eigenvalue weighted by Crippen LogP contribution is -1.92. The van der Waals surface area contributed by atoms with Gasteiger partial charge in [-0.15, -0.1) is 0 Å². The van der Waals surface area contributed by atoms with Gasteiger partial charge in [0.25, 0.3) is 0 Å². The quantitative estimate of drug-likeness (QED) is 0.740. The fourth-order valence-corrected chi connectivity index (χ4v) is 1.45. The maximum absolute atomic E-state index is 5.84. The molecule has 0 amide bonds. The second kappa shape index (κ2) is 3.50. The number of aryl methyl sites for hydroxylation is 1. The van der Waals surface area contributed by atoms with E-state index < -0.39 is 0 Å². The van der Waals surface area contributed by atoms with Crippen LogP contribution in [0.2, 0.25) is 0 Å². The van der Waals surface area contributed by atoms with Crippen molar-refractivity contribution in [1.82, 2.24) is 4.98 Å². The summed E-state index contributed by atoms with van der Waals surface area (Å²) in [6.07, 6.45) is 1.76. The van der Waals surface area contributed by atoms with Gasteiger partial charge >= 0.3 is 0 Å². The van der Waals surface area contributed by atoms with E-state index in [1.807, 2.05) is 24.3 Å². The number of nitrogens with zero attached hydrogens (tertiary/aromatic N) is 1. The molecule has 1 aromatic carbocycles. The monoisotopic (exact) mass is 184 g/mol. The summed E-state index contributed by atoms with van der Waals surface area (Å²) in [4.78, 5) is 4.26. The predicted octanol–water partition coefficient (Wildman–Crippen LogP) is 2.64. The molecule has 1 heterocycles. The average molecular weight is 184 g/mol. The Kier molecular flexibility index (Phi) is 2.19. The predicted molar refractivity (Wildman–Crippen MR) is 58.8 cm³/mol. The Hall–Kier alpha value is -1.83. The Morgan fingerprint density at radius 1 is 1.14 bits per heavy atom. The van der Waals surface area contributed by atoms with Crippen LogP contribution in [0.25, 0.3) is 11.3 Å². The Labute approximate surface area is 83.4 Å². The lowest BCUT2D eigenvalue weighted by atomic mass is 10.1. The number of hydrogen-bond donors (Lipinski definition) is 1. The summed E-state index contributed by atoms with van der Waals surface area (Å²) in [5, 5.41) is 0. The largest absolute Gasteiger partial charge is 0.397 e. The van der Waals surface area contributed by atoms with Crippen LogP contribution in [0.5, 0.6) is 0 Å². The SMILES string of the molecule is Cc1cccc(-c2ncccc2N)c1. The summed E-state index contributed by atoms with van der Waals surface area (Å²) in [5.41, 5.74) is 9.71. The van der Waals surface area contributed by atoms with Crippen molar-refractivity contribution in [3.05, 3.63) is 48.2 Å². The van der Waals surface area contributed by atoms with E-state index in [1.54, 1.807) is 6.20 Å². The Morgan fingerprint density at radius 3 is 2.71 bits per heavy atom. The number of aromatic nitrogens is 1. The zero-order valence-corrected chi connectivity index (χ0v) is 8.07. The molecule has 2 N–H and O–H groups in total. The minimum Gasteiger partial charge on any atom is -0.397 e. The van der Waals surface area contributed by atoms with Gasteiger partial charge in [-0.2, -0.15) is 0 Å². The third-order valence-corrected chi connectivity index (χ3v) is 2.13. The fourth-order valence-electron chi connectivity index (χ4n) is 1.45. The highest BCUT2D eigenvalue weighted by Gasteiger charge is 2.02. The molecular formula is C12H12N2. The van der Waals surface area contributed by atoms with Gasteiger partial charge in [0.1, 0.15) is 0 Å². The molecule has 0 aliphatic heterocycles. The lowest BCUT2D eigenvalue weighted by molar-refractivity contribution is 1.32. The molecule has 14 heavy (non-hydrogen) atoms. The van der Waals surface area contributed by atoms with Crippen LogP contribution in [-0.2, 0) is 0 Å². The van der Waals surface area contributed by atoms with E-state index in [2.05, 4.69) is 24.0 Å². The van der Waals surface area contributed by atoms with Crippen molar-refractivity contribution in [3.63, 3.8) is 0 Å². The van der Waals surface area contributed by atoms with Crippen molar-refractivity contribution in [2.24, 2.45) is 0 Å². The van der Waals surface area contributed by atoms with Crippen LogP contribution >= 0.6 is 0 Å². The summed E-state index contributed by atoms with van der Waals surface area (Å²) in [6.45, 7) is 2.06. The third kappa shape index (κ3) is 1.59. The third-order valence-electron chi connectivity index (χ3n) is 2.13. The van der Waals surface area contributed by atoms with E-state index in [9.17, 15) is 0 Å². The molecule has 2 nitrogen and oxygen atoms in total. The zero-order chi connectivity index (χ0) is 9.97. The summed E-state index contributed by atoms with van der Waals surface area (Å²) in [5.74, 6) is 0. The van der Waals surface area contributed by atoms with Crippen LogP contribution in [0, 0.1) is 6.92 Å². The normalized spacial score (nSPS) is 10.1. The van der Waals surface area contributed by atoms with Gasteiger partial charge in [0.05, 0.1) is 11.4 Å². The van der Waals surface area contributed by atoms with Gasteiger partial charge in [0, 0.05) is 11.8 Å². The maximum atomic E-state index is 5.84. The molecule has 0 spiro atoms. The highest BCUT2D eigenvalue weighted by Crippen LogP contribution is 2.23. The van der Waals surface area contributed by atoms with Gasteiger partial charge in [0.2, 0.25) is 0 Å². The molecule has 2 aromatic rings. The molecule has 0 saturated carbocycles. The minimum absolute atomic E-state index is 0.720. The Morgan fingerprint density at radius 2 is 2.00 bits per heavy atom. The van der Waals surface area contributed by atoms with Crippen LogP contribution in [0.1, 0.15) is 5.56 Å². The summed E-state index contributed by atoms with van der Waals surface area (Å²) in [7, 11) is 0. The van der Waals surface area contributed by atoms with Gasteiger partial charge < -0.3 is 5.73 Å². The van der Waals surface area contributed by atoms with Gasteiger partial charge in [-0.25, -0.2) is 0 Å². The molecule has 70 valence electrons. The van der Waals surface area contributed by atoms with Crippen molar-refractivity contribution in [1.29, 1.82) is 0 Å². The Bertz CT molecular complexity index is 450. The van der Waals surface area contributed by atoms with Gasteiger partial charge in [-0.1, -0.05) is 23.8 Å². The first-order chi connectivity index (χ1) is 6.77. The first-order valence-corrected chi connectivity index (χ1v) is 4.55. The van der Waals surface area contributed by atoms with Crippen LogP contribution in [-0.4, -0.2) is 4.98 Å². The van der Waals surface area contributed by atoms with Crippen LogP contribution in [0.3, 0.4) is 0 Å². The molecular weight excluding hydrogens is 172 g/mol. The molecule has 0 fully saturated rings. The summed E-state index contributed by atoms with van der Waals surface area (Å²) >= 11 is 0. The topological polar surface area (TPSA) is 38.9 Å². The zero-order valence-electron chi connectivity index (χ0n) is 8.07. The summed E-state index contributed by atoms with van der Waals surface area (Å²) < 4.78 is 0. The number of hydrogen-bond acceptors (Lipinski definition) is 2. The number of benzene rings is 1. The fraction of sp³-hybridized carbons (Fsp3) is 0.0833. The van der Waals surface area contributed by atoms with E-state index >= 15 is 0 Å². The lowest BCUT2D eigenvalue weighted by Gasteiger charge is -2.04. The number of rotatable bonds is 1.